The van der Waals surface area contributed by atoms with E-state index in [0.29, 0.717) is 17.9 Å². The van der Waals surface area contributed by atoms with E-state index >= 15 is 0 Å². The van der Waals surface area contributed by atoms with Crippen LogP contribution in [0.15, 0.2) is 48.5 Å². The Balaban J connectivity index is 2.24. The van der Waals surface area contributed by atoms with Crippen LogP contribution in [0.25, 0.3) is 0 Å². The van der Waals surface area contributed by atoms with Gasteiger partial charge in [0.2, 0.25) is 0 Å². The third kappa shape index (κ3) is 8.09. The number of benzene rings is 2. The molecule has 0 bridgehead atoms. The molecule has 0 aliphatic carbocycles. The van der Waals surface area contributed by atoms with E-state index in [0.717, 1.165) is 16.9 Å². The molecule has 0 spiro atoms. The third-order valence-corrected chi connectivity index (χ3v) is 10.9. The van der Waals surface area contributed by atoms with Crippen molar-refractivity contribution < 1.29 is 18.7 Å². The molecule has 0 fully saturated rings. The second kappa shape index (κ2) is 12.3. The van der Waals surface area contributed by atoms with Crippen LogP contribution in [0.5, 0.6) is 5.75 Å². The Labute approximate surface area is 210 Å². The van der Waals surface area contributed by atoms with Crippen LogP contribution >= 0.6 is 11.6 Å². The zero-order valence-corrected chi connectivity index (χ0v) is 22.7. The molecule has 0 saturated heterocycles. The minimum Gasteiger partial charge on any atom is -0.497 e. The Hall–Kier alpha value is -2.46. The quantitative estimate of drug-likeness (QED) is 0.278. The number of hydrogen-bond acceptors (Lipinski definition) is 4. The molecular weight excluding hydrogens is 466 g/mol. The summed E-state index contributed by atoms with van der Waals surface area (Å²) in [7, 11) is -0.577. The second-order valence-corrected chi connectivity index (χ2v) is 15.0. The van der Waals surface area contributed by atoms with Gasteiger partial charge in [-0.25, -0.2) is 4.79 Å². The molecule has 0 aliphatic heterocycles. The van der Waals surface area contributed by atoms with Gasteiger partial charge >= 0.3 is 6.09 Å². The fourth-order valence-corrected chi connectivity index (χ4v) is 4.55. The lowest BCUT2D eigenvalue weighted by Gasteiger charge is -2.41. The smallest absolute Gasteiger partial charge is 0.407 e. The molecule has 2 rings (SSSR count). The average molecular weight is 502 g/mol. The maximum absolute atomic E-state index is 12.8. The van der Waals surface area contributed by atoms with Crippen molar-refractivity contribution in [2.45, 2.75) is 70.5 Å². The average Bonchev–Trinajstić information content (AvgIpc) is 2.79. The number of halogens is 1. The van der Waals surface area contributed by atoms with Gasteiger partial charge in [-0.15, -0.1) is 12.3 Å². The molecule has 1 N–H and O–H groups in total. The molecule has 0 radical (unpaired) electrons. The maximum Gasteiger partial charge on any atom is 0.407 e. The SMILES string of the molecule is C#CCC[C@@H](NC(=O)OCc1ccc(OC)cc1)C(O[Si](C)(C)C(C)(C)C)c1ccc(Cl)cc1. The summed E-state index contributed by atoms with van der Waals surface area (Å²) in [6, 6.07) is 14.6. The van der Waals surface area contributed by atoms with Gasteiger partial charge in [0.15, 0.2) is 8.32 Å². The first kappa shape index (κ1) is 27.8. The van der Waals surface area contributed by atoms with E-state index in [-0.39, 0.29) is 23.8 Å². The first-order valence-corrected chi connectivity index (χ1v) is 14.7. The lowest BCUT2D eigenvalue weighted by Crippen LogP contribution is -2.48. The van der Waals surface area contributed by atoms with Crippen molar-refractivity contribution in [1.29, 1.82) is 0 Å². The minimum atomic E-state index is -2.19. The number of carbonyl (C=O) groups is 1. The number of hydrogen-bond donors (Lipinski definition) is 1. The van der Waals surface area contributed by atoms with E-state index < -0.39 is 14.4 Å². The number of terminal acetylenes is 1. The monoisotopic (exact) mass is 501 g/mol. The molecule has 0 saturated carbocycles. The van der Waals surface area contributed by atoms with E-state index in [9.17, 15) is 4.79 Å². The molecular formula is C27H36ClNO4Si. The third-order valence-electron chi connectivity index (χ3n) is 6.22. The van der Waals surface area contributed by atoms with Crippen LogP contribution in [0.2, 0.25) is 23.2 Å². The van der Waals surface area contributed by atoms with E-state index in [1.807, 2.05) is 48.5 Å². The van der Waals surface area contributed by atoms with E-state index in [1.165, 1.54) is 0 Å². The first-order chi connectivity index (χ1) is 16.0. The number of alkyl carbamates (subject to hydrolysis) is 1. The van der Waals surface area contributed by atoms with Crippen molar-refractivity contribution in [2.75, 3.05) is 7.11 Å². The van der Waals surface area contributed by atoms with Crippen molar-refractivity contribution >= 4 is 26.0 Å². The van der Waals surface area contributed by atoms with Crippen LogP contribution in [-0.2, 0) is 15.8 Å². The van der Waals surface area contributed by atoms with Crippen LogP contribution < -0.4 is 10.1 Å². The Morgan fingerprint density at radius 3 is 2.26 bits per heavy atom. The Bertz CT molecular complexity index is 962. The van der Waals surface area contributed by atoms with Crippen LogP contribution in [0.3, 0.4) is 0 Å². The highest BCUT2D eigenvalue weighted by Gasteiger charge is 2.41. The molecule has 34 heavy (non-hydrogen) atoms. The molecule has 2 atom stereocenters. The molecule has 184 valence electrons. The van der Waals surface area contributed by atoms with Gasteiger partial charge < -0.3 is 19.2 Å². The summed E-state index contributed by atoms with van der Waals surface area (Å²) >= 11 is 6.13. The predicted octanol–water partition coefficient (Wildman–Crippen LogP) is 7.12. The molecule has 2 aromatic carbocycles. The highest BCUT2D eigenvalue weighted by atomic mass is 35.5. The number of nitrogens with one attached hydrogen (secondary N) is 1. The Kier molecular flexibility index (Phi) is 10.1. The van der Waals surface area contributed by atoms with Crippen molar-refractivity contribution in [3.05, 3.63) is 64.7 Å². The van der Waals surface area contributed by atoms with Gasteiger partial charge in [0.05, 0.1) is 19.3 Å². The topological polar surface area (TPSA) is 56.8 Å². The Morgan fingerprint density at radius 1 is 1.12 bits per heavy atom. The predicted molar refractivity (Wildman–Crippen MR) is 141 cm³/mol. The summed E-state index contributed by atoms with van der Waals surface area (Å²) in [6.45, 7) is 11.1. The lowest BCUT2D eigenvalue weighted by atomic mass is 9.98. The molecule has 0 aromatic heterocycles. The van der Waals surface area contributed by atoms with E-state index in [2.05, 4.69) is 45.1 Å². The zero-order valence-electron chi connectivity index (χ0n) is 21.0. The number of rotatable bonds is 10. The molecule has 1 amide bonds. The number of ether oxygens (including phenoxy) is 2. The molecule has 2 aromatic rings. The summed E-state index contributed by atoms with van der Waals surface area (Å²) < 4.78 is 17.5. The van der Waals surface area contributed by atoms with Crippen molar-refractivity contribution in [2.24, 2.45) is 0 Å². The van der Waals surface area contributed by atoms with E-state index in [1.54, 1.807) is 7.11 Å². The first-order valence-electron chi connectivity index (χ1n) is 11.4. The van der Waals surface area contributed by atoms with Crippen LogP contribution in [-0.4, -0.2) is 27.6 Å². The van der Waals surface area contributed by atoms with E-state index in [4.69, 9.17) is 31.9 Å². The van der Waals surface area contributed by atoms with Gasteiger partial charge in [-0.2, -0.15) is 0 Å². The van der Waals surface area contributed by atoms with Gasteiger partial charge in [0, 0.05) is 11.4 Å². The van der Waals surface area contributed by atoms with Crippen LogP contribution in [0.4, 0.5) is 4.79 Å². The summed E-state index contributed by atoms with van der Waals surface area (Å²) in [5.41, 5.74) is 1.80. The largest absolute Gasteiger partial charge is 0.497 e. The van der Waals surface area contributed by atoms with Crippen molar-refractivity contribution in [3.63, 3.8) is 0 Å². The number of carbonyl (C=O) groups excluding carboxylic acids is 1. The van der Waals surface area contributed by atoms with Crippen LogP contribution in [0.1, 0.15) is 50.8 Å². The van der Waals surface area contributed by atoms with Gasteiger partial charge in [0.1, 0.15) is 12.4 Å². The molecule has 1 unspecified atom stereocenters. The zero-order chi connectivity index (χ0) is 25.4. The minimum absolute atomic E-state index is 0.0107. The summed E-state index contributed by atoms with van der Waals surface area (Å²) in [4.78, 5) is 12.8. The normalized spacial score (nSPS) is 13.5. The highest BCUT2D eigenvalue weighted by Crippen LogP contribution is 2.41. The van der Waals surface area contributed by atoms with Gasteiger partial charge in [-0.3, -0.25) is 0 Å². The Morgan fingerprint density at radius 2 is 1.74 bits per heavy atom. The molecule has 7 heteroatoms. The lowest BCUT2D eigenvalue weighted by molar-refractivity contribution is 0.104. The van der Waals surface area contributed by atoms with Crippen LogP contribution in [0, 0.1) is 12.3 Å². The van der Waals surface area contributed by atoms with Gasteiger partial charge in [-0.1, -0.05) is 56.6 Å². The summed E-state index contributed by atoms with van der Waals surface area (Å²) in [5.74, 6) is 3.43. The fraction of sp³-hybridized carbons (Fsp3) is 0.444. The number of methoxy groups -OCH3 is 1. The number of amides is 1. The molecule has 0 aliphatic rings. The second-order valence-electron chi connectivity index (χ2n) is 9.77. The standard InChI is InChI=1S/C27H36ClNO4Si/c1-8-9-10-24(29-26(30)32-19-20-11-17-23(31-5)18-12-20)25(21-13-15-22(28)16-14-21)33-34(6,7)27(2,3)4/h1,11-18,24-25H,9-10,19H2,2-7H3,(H,29,30)/t24-,25?/m1/s1. The molecule has 0 heterocycles. The summed E-state index contributed by atoms with van der Waals surface area (Å²) in [6.07, 6.45) is 5.71. The van der Waals surface area contributed by atoms with Gasteiger partial charge in [0.25, 0.3) is 0 Å². The molecule has 5 nitrogen and oxygen atoms in total. The summed E-state index contributed by atoms with van der Waals surface area (Å²) in [5, 5.41) is 3.64. The van der Waals surface area contributed by atoms with Crippen molar-refractivity contribution in [3.8, 4) is 18.1 Å². The fourth-order valence-electron chi connectivity index (χ4n) is 3.13. The highest BCUT2D eigenvalue weighted by molar-refractivity contribution is 6.74. The van der Waals surface area contributed by atoms with Gasteiger partial charge in [-0.05, 0) is 59.9 Å². The van der Waals surface area contributed by atoms with Crippen molar-refractivity contribution in [1.82, 2.24) is 5.32 Å². The maximum atomic E-state index is 12.8.